The molecule has 2 aromatic carbocycles. The van der Waals surface area contributed by atoms with Crippen molar-refractivity contribution in [2.75, 3.05) is 31.1 Å². The van der Waals surface area contributed by atoms with E-state index in [1.54, 1.807) is 0 Å². The number of carbonyl (C=O) groups excluding carboxylic acids is 1. The van der Waals surface area contributed by atoms with Crippen molar-refractivity contribution >= 4 is 23.3 Å². The highest BCUT2D eigenvalue weighted by Gasteiger charge is 2.39. The number of nitrogens with zero attached hydrogens (tertiary/aromatic N) is 1. The van der Waals surface area contributed by atoms with Gasteiger partial charge in [-0.05, 0) is 124 Å². The van der Waals surface area contributed by atoms with Crippen LogP contribution in [0.4, 0.5) is 4.39 Å². The van der Waals surface area contributed by atoms with Gasteiger partial charge in [0.2, 0.25) is 0 Å². The topological polar surface area (TPSA) is 38.8 Å². The summed E-state index contributed by atoms with van der Waals surface area (Å²) < 4.78 is 26.1. The Bertz CT molecular complexity index is 1270. The zero-order valence-electron chi connectivity index (χ0n) is 26.5. The summed E-state index contributed by atoms with van der Waals surface area (Å²) in [6, 6.07) is 11.1. The van der Waals surface area contributed by atoms with Crippen molar-refractivity contribution in [3.8, 4) is 11.5 Å². The van der Waals surface area contributed by atoms with Gasteiger partial charge in [0, 0.05) is 31.0 Å². The fourth-order valence-corrected chi connectivity index (χ4v) is 7.92. The van der Waals surface area contributed by atoms with Crippen LogP contribution < -0.4 is 9.47 Å². The third kappa shape index (κ3) is 8.66. The van der Waals surface area contributed by atoms with E-state index in [-0.39, 0.29) is 23.3 Å². The predicted molar refractivity (Wildman–Crippen MR) is 177 cm³/mol. The Morgan fingerprint density at radius 2 is 1.77 bits per heavy atom. The Labute approximate surface area is 262 Å². The van der Waals surface area contributed by atoms with Crippen LogP contribution in [0.3, 0.4) is 0 Å². The van der Waals surface area contributed by atoms with Gasteiger partial charge in [-0.25, -0.2) is 4.39 Å². The van der Waals surface area contributed by atoms with Crippen molar-refractivity contribution in [3.63, 3.8) is 0 Å². The number of allylic oxidation sites excluding steroid dienone is 1. The number of halogens is 1. The van der Waals surface area contributed by atoms with Crippen LogP contribution >= 0.6 is 11.8 Å². The molecule has 1 atom stereocenters. The Hall–Kier alpha value is -2.31. The molecule has 1 unspecified atom stereocenters. The highest BCUT2D eigenvalue weighted by Crippen LogP contribution is 2.52. The van der Waals surface area contributed by atoms with Crippen LogP contribution in [0.15, 0.2) is 42.0 Å². The number of esters is 1. The van der Waals surface area contributed by atoms with E-state index in [2.05, 4.69) is 49.6 Å². The number of rotatable bonds is 14. The van der Waals surface area contributed by atoms with Gasteiger partial charge in [0.15, 0.2) is 0 Å². The largest absolute Gasteiger partial charge is 0.483 e. The number of benzene rings is 2. The number of carbonyl (C=O) groups is 1. The number of aryl methyl sites for hydroxylation is 1. The summed E-state index contributed by atoms with van der Waals surface area (Å²) in [5.41, 5.74) is 5.61. The van der Waals surface area contributed by atoms with Gasteiger partial charge in [-0.2, -0.15) is 11.8 Å². The average Bonchev–Trinajstić information content (AvgIpc) is 3.49. The number of fused-ring (bicyclic) bond motifs is 2. The summed E-state index contributed by atoms with van der Waals surface area (Å²) >= 11 is 2.06. The molecule has 0 spiro atoms. The Morgan fingerprint density at radius 3 is 2.56 bits per heavy atom. The zero-order valence-corrected chi connectivity index (χ0v) is 27.3. The first kappa shape index (κ1) is 32.1. The number of ether oxygens (including phenoxy) is 2. The highest BCUT2D eigenvalue weighted by atomic mass is 32.2. The molecular weight excluding hydrogens is 557 g/mol. The van der Waals surface area contributed by atoms with E-state index in [9.17, 15) is 9.18 Å². The van der Waals surface area contributed by atoms with Gasteiger partial charge in [0.1, 0.15) is 22.9 Å². The Kier molecular flexibility index (Phi) is 11.3. The van der Waals surface area contributed by atoms with E-state index in [4.69, 9.17) is 9.47 Å². The molecule has 0 radical (unpaired) electrons. The van der Waals surface area contributed by atoms with E-state index in [0.29, 0.717) is 12.2 Å². The quantitative estimate of drug-likeness (QED) is 0.122. The molecule has 3 aliphatic rings. The van der Waals surface area contributed by atoms with Gasteiger partial charge < -0.3 is 14.4 Å². The fraction of sp³-hybridized carbons (Fsp3) is 0.595. The van der Waals surface area contributed by atoms with Crippen molar-refractivity contribution in [1.29, 1.82) is 0 Å². The zero-order chi connectivity index (χ0) is 30.2. The standard InChI is InChI=1S/C37H50FNO3S/c1-27(11-9-12-28-16-18-30(38)19-17-28)29-25-33(36-31-13-10-14-32(31)37(2,3)42-34(36)26-29)41-35(40)15-7-5-4-6-8-20-39-21-23-43-24-22-39/h16-19,25-27H,4-15,20-24H2,1-3H3. The van der Waals surface area contributed by atoms with Gasteiger partial charge in [0.25, 0.3) is 0 Å². The highest BCUT2D eigenvalue weighted by molar-refractivity contribution is 7.99. The van der Waals surface area contributed by atoms with Crippen LogP contribution in [0, 0.1) is 5.82 Å². The molecule has 1 saturated heterocycles. The van der Waals surface area contributed by atoms with Crippen molar-refractivity contribution in [1.82, 2.24) is 4.90 Å². The lowest BCUT2D eigenvalue weighted by molar-refractivity contribution is -0.134. The molecule has 2 aliphatic heterocycles. The van der Waals surface area contributed by atoms with Crippen LogP contribution in [0.2, 0.25) is 0 Å². The van der Waals surface area contributed by atoms with E-state index in [1.807, 2.05) is 12.1 Å². The number of hydrogen-bond donors (Lipinski definition) is 0. The second kappa shape index (κ2) is 15.1. The molecule has 0 aromatic heterocycles. The van der Waals surface area contributed by atoms with Gasteiger partial charge in [0.05, 0.1) is 5.56 Å². The van der Waals surface area contributed by atoms with Crippen molar-refractivity contribution in [3.05, 3.63) is 64.5 Å². The Morgan fingerprint density at radius 1 is 1.02 bits per heavy atom. The van der Waals surface area contributed by atoms with E-state index in [0.717, 1.165) is 73.8 Å². The van der Waals surface area contributed by atoms with Gasteiger partial charge in [-0.15, -0.1) is 0 Å². The molecule has 0 amide bonds. The minimum absolute atomic E-state index is 0.140. The summed E-state index contributed by atoms with van der Waals surface area (Å²) in [7, 11) is 0. The smallest absolute Gasteiger partial charge is 0.311 e. The summed E-state index contributed by atoms with van der Waals surface area (Å²) in [5, 5.41) is 0. The minimum Gasteiger partial charge on any atom is -0.483 e. The summed E-state index contributed by atoms with van der Waals surface area (Å²) in [5.74, 6) is 4.01. The second-order valence-corrected chi connectivity index (χ2v) is 14.4. The maximum atomic E-state index is 13.3. The first-order valence-electron chi connectivity index (χ1n) is 16.7. The normalized spacial score (nSPS) is 18.6. The molecular formula is C37H50FNO3S. The van der Waals surface area contributed by atoms with Crippen molar-refractivity contribution in [2.24, 2.45) is 0 Å². The molecule has 1 aliphatic carbocycles. The number of thioether (sulfide) groups is 1. The minimum atomic E-state index is -0.350. The van der Waals surface area contributed by atoms with Crippen LogP contribution in [0.25, 0.3) is 5.57 Å². The molecule has 0 bridgehead atoms. The molecule has 234 valence electrons. The van der Waals surface area contributed by atoms with E-state index >= 15 is 0 Å². The lowest BCUT2D eigenvalue weighted by atomic mass is 9.85. The first-order chi connectivity index (χ1) is 20.8. The maximum absolute atomic E-state index is 13.3. The number of hydrogen-bond acceptors (Lipinski definition) is 5. The molecule has 0 N–H and O–H groups in total. The summed E-state index contributed by atoms with van der Waals surface area (Å²) in [6.07, 6.45) is 12.1. The third-order valence-corrected chi connectivity index (χ3v) is 10.4. The summed E-state index contributed by atoms with van der Waals surface area (Å²) in [6.45, 7) is 10.2. The molecule has 5 rings (SSSR count). The van der Waals surface area contributed by atoms with Crippen LogP contribution in [-0.4, -0.2) is 47.6 Å². The molecule has 2 aromatic rings. The monoisotopic (exact) mass is 607 g/mol. The van der Waals surface area contributed by atoms with E-state index < -0.39 is 0 Å². The van der Waals surface area contributed by atoms with Crippen LogP contribution in [0.1, 0.15) is 114 Å². The first-order valence-corrected chi connectivity index (χ1v) is 17.8. The molecule has 4 nitrogen and oxygen atoms in total. The van der Waals surface area contributed by atoms with Crippen molar-refractivity contribution in [2.45, 2.75) is 109 Å². The lowest BCUT2D eigenvalue weighted by Gasteiger charge is -2.36. The molecule has 6 heteroatoms. The molecule has 43 heavy (non-hydrogen) atoms. The van der Waals surface area contributed by atoms with Crippen LogP contribution in [-0.2, 0) is 11.2 Å². The lowest BCUT2D eigenvalue weighted by Crippen LogP contribution is -2.33. The molecule has 1 fully saturated rings. The SMILES string of the molecule is CC(CCCc1ccc(F)cc1)c1cc(OC(=O)CCCCCCCN2CCSCC2)c2c(c1)OC(C)(C)C1=C2CCC1. The Balaban J connectivity index is 1.19. The molecule has 2 heterocycles. The molecule has 0 saturated carbocycles. The maximum Gasteiger partial charge on any atom is 0.311 e. The fourth-order valence-electron chi connectivity index (χ4n) is 6.94. The summed E-state index contributed by atoms with van der Waals surface area (Å²) in [4.78, 5) is 15.7. The number of unbranched alkanes of at least 4 members (excludes halogenated alkanes) is 4. The predicted octanol–water partition coefficient (Wildman–Crippen LogP) is 9.36. The van der Waals surface area contributed by atoms with E-state index in [1.165, 1.54) is 73.7 Å². The van der Waals surface area contributed by atoms with Crippen molar-refractivity contribution < 1.29 is 18.7 Å². The van der Waals surface area contributed by atoms with Gasteiger partial charge in [-0.1, -0.05) is 38.3 Å². The van der Waals surface area contributed by atoms with Gasteiger partial charge in [-0.3, -0.25) is 4.79 Å². The second-order valence-electron chi connectivity index (χ2n) is 13.2. The van der Waals surface area contributed by atoms with Crippen LogP contribution in [0.5, 0.6) is 11.5 Å². The van der Waals surface area contributed by atoms with Gasteiger partial charge >= 0.3 is 5.97 Å². The average molecular weight is 608 g/mol. The third-order valence-electron chi connectivity index (χ3n) is 9.47.